The largest absolute Gasteiger partial charge is 0.463 e. The van der Waals surface area contributed by atoms with Crippen LogP contribution in [0.5, 0.6) is 6.01 Å². The number of aromatic nitrogens is 2. The van der Waals surface area contributed by atoms with Crippen LogP contribution < -0.4 is 15.0 Å². The van der Waals surface area contributed by atoms with E-state index >= 15 is 0 Å². The Morgan fingerprint density at radius 3 is 2.53 bits per heavy atom. The van der Waals surface area contributed by atoms with Crippen molar-refractivity contribution in [1.29, 1.82) is 0 Å². The van der Waals surface area contributed by atoms with Gasteiger partial charge in [0, 0.05) is 59.6 Å². The van der Waals surface area contributed by atoms with Gasteiger partial charge in [-0.3, -0.25) is 4.90 Å². The molecule has 4 fully saturated rings. The summed E-state index contributed by atoms with van der Waals surface area (Å²) in [7, 11) is 0. The molecule has 0 radical (unpaired) electrons. The van der Waals surface area contributed by atoms with Crippen LogP contribution in [-0.4, -0.2) is 78.5 Å². The van der Waals surface area contributed by atoms with Gasteiger partial charge in [-0.25, -0.2) is 4.39 Å². The SMILES string of the molecule is CC(C)(COc1nc(N2C[C@H]3CC[C@@H](C2)N3)c2cc(Cl)cc(F)c2n1)CN1C2CCC1COC2. The van der Waals surface area contributed by atoms with Gasteiger partial charge in [0.05, 0.1) is 19.8 Å². The summed E-state index contributed by atoms with van der Waals surface area (Å²) >= 11 is 6.22. The average molecular weight is 490 g/mol. The van der Waals surface area contributed by atoms with Gasteiger partial charge in [-0.15, -0.1) is 0 Å². The second-order valence-electron chi connectivity index (χ2n) is 11.2. The number of halogens is 2. The van der Waals surface area contributed by atoms with Crippen molar-refractivity contribution in [2.24, 2.45) is 5.41 Å². The summed E-state index contributed by atoms with van der Waals surface area (Å²) in [4.78, 5) is 14.1. The fourth-order valence-corrected chi connectivity index (χ4v) is 6.37. The van der Waals surface area contributed by atoms with E-state index in [1.54, 1.807) is 6.07 Å². The molecule has 0 spiro atoms. The highest BCUT2D eigenvalue weighted by Crippen LogP contribution is 2.35. The van der Waals surface area contributed by atoms with Crippen molar-refractivity contribution < 1.29 is 13.9 Å². The topological polar surface area (TPSA) is 62.8 Å². The fourth-order valence-electron chi connectivity index (χ4n) is 6.17. The van der Waals surface area contributed by atoms with Crippen molar-refractivity contribution >= 4 is 28.3 Å². The van der Waals surface area contributed by atoms with E-state index in [4.69, 9.17) is 26.1 Å². The molecule has 0 amide bonds. The molecular formula is C25H33ClFN5O2. The highest BCUT2D eigenvalue weighted by molar-refractivity contribution is 6.31. The summed E-state index contributed by atoms with van der Waals surface area (Å²) in [5.41, 5.74) is 0.155. The Morgan fingerprint density at radius 2 is 1.82 bits per heavy atom. The molecule has 4 bridgehead atoms. The predicted molar refractivity (Wildman–Crippen MR) is 130 cm³/mol. The summed E-state index contributed by atoms with van der Waals surface area (Å²) in [5.74, 6) is 0.266. The average Bonchev–Trinajstić information content (AvgIpc) is 3.22. The lowest BCUT2D eigenvalue weighted by molar-refractivity contribution is -0.0354. The summed E-state index contributed by atoms with van der Waals surface area (Å²) in [6.07, 6.45) is 4.71. The molecule has 4 atom stereocenters. The Morgan fingerprint density at radius 1 is 1.12 bits per heavy atom. The molecule has 4 saturated heterocycles. The Labute approximate surface area is 204 Å². The van der Waals surface area contributed by atoms with Crippen molar-refractivity contribution in [2.45, 2.75) is 63.7 Å². The molecule has 6 rings (SSSR count). The Hall–Kier alpha value is -1.74. The van der Waals surface area contributed by atoms with Crippen molar-refractivity contribution in [3.63, 3.8) is 0 Å². The molecule has 7 nitrogen and oxygen atoms in total. The molecule has 4 aliphatic rings. The zero-order valence-electron chi connectivity index (χ0n) is 19.9. The number of piperazine rings is 1. The van der Waals surface area contributed by atoms with Crippen LogP contribution in [-0.2, 0) is 4.74 Å². The number of nitrogens with zero attached hydrogens (tertiary/aromatic N) is 4. The number of morpholine rings is 1. The van der Waals surface area contributed by atoms with Gasteiger partial charge in [0.25, 0.3) is 0 Å². The monoisotopic (exact) mass is 489 g/mol. The first-order valence-electron chi connectivity index (χ1n) is 12.5. The molecule has 0 aliphatic carbocycles. The molecule has 1 aromatic carbocycles. The third-order valence-electron chi connectivity index (χ3n) is 7.79. The molecular weight excluding hydrogens is 457 g/mol. The van der Waals surface area contributed by atoms with E-state index in [2.05, 4.69) is 33.9 Å². The maximum absolute atomic E-state index is 14.9. The van der Waals surface area contributed by atoms with Crippen molar-refractivity contribution in [1.82, 2.24) is 20.2 Å². The number of fused-ring (bicyclic) bond motifs is 5. The number of rotatable bonds is 6. The molecule has 5 heterocycles. The van der Waals surface area contributed by atoms with Crippen LogP contribution in [0.2, 0.25) is 5.02 Å². The lowest BCUT2D eigenvalue weighted by Crippen LogP contribution is -2.51. The fraction of sp³-hybridized carbons (Fsp3) is 0.680. The van der Waals surface area contributed by atoms with Crippen LogP contribution in [0.4, 0.5) is 10.2 Å². The van der Waals surface area contributed by atoms with Crippen LogP contribution >= 0.6 is 11.6 Å². The zero-order chi connectivity index (χ0) is 23.4. The first-order chi connectivity index (χ1) is 16.3. The standard InChI is InChI=1S/C25H33ClFN5O2/c1-25(2,13-32-18-5-6-19(32)12-33-11-18)14-34-24-29-22-20(7-15(26)8-21(22)27)23(30-24)31-9-16-3-4-17(10-31)28-16/h7-8,16-19,28H,3-6,9-14H2,1-2H3/t16-,17+,18?,19?. The Bertz CT molecular complexity index is 1060. The van der Waals surface area contributed by atoms with Crippen LogP contribution in [0.3, 0.4) is 0 Å². The van der Waals surface area contributed by atoms with Gasteiger partial charge in [0.2, 0.25) is 0 Å². The maximum atomic E-state index is 14.9. The number of benzene rings is 1. The second kappa shape index (κ2) is 8.73. The minimum atomic E-state index is -0.446. The van der Waals surface area contributed by atoms with E-state index in [1.807, 2.05) is 0 Å². The lowest BCUT2D eigenvalue weighted by Gasteiger charge is -2.39. The van der Waals surface area contributed by atoms with E-state index in [-0.39, 0.29) is 16.9 Å². The second-order valence-corrected chi connectivity index (χ2v) is 11.6. The van der Waals surface area contributed by atoms with E-state index in [1.165, 1.54) is 18.9 Å². The van der Waals surface area contributed by atoms with Crippen LogP contribution in [0.25, 0.3) is 10.9 Å². The first-order valence-corrected chi connectivity index (χ1v) is 12.9. The van der Waals surface area contributed by atoms with E-state index in [9.17, 15) is 4.39 Å². The Kier molecular flexibility index (Phi) is 5.83. The third kappa shape index (κ3) is 4.34. The summed E-state index contributed by atoms with van der Waals surface area (Å²) in [5, 5.41) is 4.63. The van der Waals surface area contributed by atoms with Crippen molar-refractivity contribution in [3.8, 4) is 6.01 Å². The van der Waals surface area contributed by atoms with Gasteiger partial charge in [-0.2, -0.15) is 9.97 Å². The molecule has 1 N–H and O–H groups in total. The number of ether oxygens (including phenoxy) is 2. The van der Waals surface area contributed by atoms with Crippen LogP contribution in [0.15, 0.2) is 12.1 Å². The highest BCUT2D eigenvalue weighted by Gasteiger charge is 2.40. The van der Waals surface area contributed by atoms with E-state index in [0.717, 1.165) is 45.7 Å². The third-order valence-corrected chi connectivity index (χ3v) is 8.01. The number of hydrogen-bond donors (Lipinski definition) is 1. The summed E-state index contributed by atoms with van der Waals surface area (Å²) in [6.45, 7) is 9.10. The van der Waals surface area contributed by atoms with Gasteiger partial charge < -0.3 is 19.7 Å². The smallest absolute Gasteiger partial charge is 0.319 e. The predicted octanol–water partition coefficient (Wildman–Crippen LogP) is 3.63. The quantitative estimate of drug-likeness (QED) is 0.664. The number of anilines is 1. The van der Waals surface area contributed by atoms with Gasteiger partial charge in [0.1, 0.15) is 11.3 Å². The molecule has 2 aromatic rings. The molecule has 0 saturated carbocycles. The number of nitrogens with one attached hydrogen (secondary N) is 1. The first kappa shape index (κ1) is 22.7. The molecule has 4 aliphatic heterocycles. The summed E-state index contributed by atoms with van der Waals surface area (Å²) in [6, 6.07) is 5.17. The molecule has 1 aromatic heterocycles. The number of hydrogen-bond acceptors (Lipinski definition) is 7. The Balaban J connectivity index is 1.25. The zero-order valence-corrected chi connectivity index (χ0v) is 20.7. The van der Waals surface area contributed by atoms with Crippen LogP contribution in [0, 0.1) is 11.2 Å². The summed E-state index contributed by atoms with van der Waals surface area (Å²) < 4.78 is 26.8. The lowest BCUT2D eigenvalue weighted by atomic mass is 9.93. The molecule has 2 unspecified atom stereocenters. The minimum absolute atomic E-state index is 0.108. The minimum Gasteiger partial charge on any atom is -0.463 e. The normalized spacial score (nSPS) is 29.2. The maximum Gasteiger partial charge on any atom is 0.319 e. The van der Waals surface area contributed by atoms with Gasteiger partial charge in [-0.1, -0.05) is 25.4 Å². The molecule has 184 valence electrons. The van der Waals surface area contributed by atoms with E-state index < -0.39 is 5.82 Å². The van der Waals surface area contributed by atoms with Crippen molar-refractivity contribution in [3.05, 3.63) is 23.0 Å². The highest BCUT2D eigenvalue weighted by atomic mass is 35.5. The molecule has 9 heteroatoms. The van der Waals surface area contributed by atoms with Crippen molar-refractivity contribution in [2.75, 3.05) is 44.4 Å². The van der Waals surface area contributed by atoms with E-state index in [0.29, 0.717) is 47.0 Å². The van der Waals surface area contributed by atoms with Crippen LogP contribution in [0.1, 0.15) is 39.5 Å². The molecule has 34 heavy (non-hydrogen) atoms. The van der Waals surface area contributed by atoms with Gasteiger partial charge in [0.15, 0.2) is 5.82 Å². The van der Waals surface area contributed by atoms with Gasteiger partial charge >= 0.3 is 6.01 Å². The van der Waals surface area contributed by atoms with Gasteiger partial charge in [-0.05, 0) is 37.8 Å².